The van der Waals surface area contributed by atoms with Crippen molar-refractivity contribution < 1.29 is 13.2 Å². The van der Waals surface area contributed by atoms with Crippen LogP contribution in [0.5, 0.6) is 0 Å². The number of nitrogens with zero attached hydrogens (tertiary/aromatic N) is 2. The highest BCUT2D eigenvalue weighted by molar-refractivity contribution is 7.88. The van der Waals surface area contributed by atoms with Crippen molar-refractivity contribution in [3.8, 4) is 0 Å². The highest BCUT2D eigenvalue weighted by Crippen LogP contribution is 2.18. The van der Waals surface area contributed by atoms with E-state index in [0.717, 1.165) is 5.56 Å². The largest absolute Gasteiger partial charge is 0.343 e. The first-order valence-corrected chi connectivity index (χ1v) is 7.81. The van der Waals surface area contributed by atoms with Crippen LogP contribution in [0.25, 0.3) is 0 Å². The molecule has 1 fully saturated rings. The van der Waals surface area contributed by atoms with Crippen LogP contribution >= 0.6 is 0 Å². The molecule has 0 saturated carbocycles. The third-order valence-corrected chi connectivity index (χ3v) is 5.28. The van der Waals surface area contributed by atoms with Gasteiger partial charge in [0.1, 0.15) is 6.04 Å². The molecule has 1 atom stereocenters. The Bertz CT molecular complexity index is 557. The van der Waals surface area contributed by atoms with E-state index in [1.165, 1.54) is 4.31 Å². The summed E-state index contributed by atoms with van der Waals surface area (Å²) in [5.74, 6) is -0.210. The highest BCUT2D eigenvalue weighted by atomic mass is 32.2. The first kappa shape index (κ1) is 14.0. The van der Waals surface area contributed by atoms with Gasteiger partial charge in [0, 0.05) is 20.1 Å². The second kappa shape index (κ2) is 5.30. The van der Waals surface area contributed by atoms with E-state index >= 15 is 0 Å². The van der Waals surface area contributed by atoms with Gasteiger partial charge in [-0.3, -0.25) is 4.79 Å². The minimum atomic E-state index is -3.46. The molecule has 0 N–H and O–H groups in total. The lowest BCUT2D eigenvalue weighted by Gasteiger charge is -2.36. The van der Waals surface area contributed by atoms with Crippen molar-refractivity contribution in [2.45, 2.75) is 18.7 Å². The number of benzene rings is 1. The van der Waals surface area contributed by atoms with Gasteiger partial charge in [0.25, 0.3) is 0 Å². The zero-order chi connectivity index (χ0) is 14.0. The van der Waals surface area contributed by atoms with Crippen LogP contribution in [0.15, 0.2) is 30.3 Å². The summed E-state index contributed by atoms with van der Waals surface area (Å²) in [5, 5.41) is 0. The molecule has 1 aliphatic rings. The topological polar surface area (TPSA) is 57.7 Å². The summed E-state index contributed by atoms with van der Waals surface area (Å²) < 4.78 is 26.1. The minimum Gasteiger partial charge on any atom is -0.343 e. The molecule has 0 bridgehead atoms. The Morgan fingerprint density at radius 2 is 1.84 bits per heavy atom. The average Bonchev–Trinajstić information content (AvgIpc) is 2.36. The summed E-state index contributed by atoms with van der Waals surface area (Å²) in [6.45, 7) is 2.44. The van der Waals surface area contributed by atoms with Crippen LogP contribution in [0.3, 0.4) is 0 Å². The Labute approximate surface area is 113 Å². The maximum Gasteiger partial charge on any atom is 0.240 e. The molecule has 1 aliphatic heterocycles. The van der Waals surface area contributed by atoms with E-state index in [-0.39, 0.29) is 11.7 Å². The predicted octanol–water partition coefficient (Wildman–Crippen LogP) is 0.679. The number of amides is 1. The molecule has 19 heavy (non-hydrogen) atoms. The molecule has 0 spiro atoms. The number of rotatable bonds is 3. The van der Waals surface area contributed by atoms with E-state index < -0.39 is 16.1 Å². The van der Waals surface area contributed by atoms with Crippen molar-refractivity contribution in [2.24, 2.45) is 0 Å². The van der Waals surface area contributed by atoms with Gasteiger partial charge in [-0.15, -0.1) is 0 Å². The van der Waals surface area contributed by atoms with E-state index in [0.29, 0.717) is 13.1 Å². The molecule has 1 heterocycles. The third kappa shape index (κ3) is 2.96. The molecular weight excluding hydrogens is 264 g/mol. The fraction of sp³-hybridized carbons (Fsp3) is 0.462. The van der Waals surface area contributed by atoms with E-state index in [1.807, 2.05) is 18.2 Å². The number of carbonyl (C=O) groups is 1. The molecule has 1 aromatic rings. The van der Waals surface area contributed by atoms with Gasteiger partial charge in [0.15, 0.2) is 0 Å². The Kier molecular flexibility index (Phi) is 3.91. The first-order valence-electron chi connectivity index (χ1n) is 6.20. The van der Waals surface area contributed by atoms with Gasteiger partial charge in [0.05, 0.1) is 5.75 Å². The lowest BCUT2D eigenvalue weighted by molar-refractivity contribution is -0.136. The Balaban J connectivity index is 2.18. The number of sulfonamides is 1. The summed E-state index contributed by atoms with van der Waals surface area (Å²) in [4.78, 5) is 13.4. The summed E-state index contributed by atoms with van der Waals surface area (Å²) in [5.41, 5.74) is 0.737. The molecule has 0 aliphatic carbocycles. The molecule has 0 aromatic heterocycles. The van der Waals surface area contributed by atoms with Crippen LogP contribution in [0.4, 0.5) is 0 Å². The highest BCUT2D eigenvalue weighted by Gasteiger charge is 2.36. The van der Waals surface area contributed by atoms with Crippen LogP contribution in [-0.4, -0.2) is 49.7 Å². The maximum absolute atomic E-state index is 12.4. The summed E-state index contributed by atoms with van der Waals surface area (Å²) >= 11 is 0. The predicted molar refractivity (Wildman–Crippen MR) is 72.9 cm³/mol. The fourth-order valence-corrected chi connectivity index (χ4v) is 3.95. The van der Waals surface area contributed by atoms with Crippen LogP contribution in [0.2, 0.25) is 0 Å². The molecule has 104 valence electrons. The van der Waals surface area contributed by atoms with E-state index in [9.17, 15) is 13.2 Å². The lowest BCUT2D eigenvalue weighted by Crippen LogP contribution is -2.56. The molecule has 5 nitrogen and oxygen atoms in total. The van der Waals surface area contributed by atoms with Crippen LogP contribution < -0.4 is 0 Å². The average molecular weight is 282 g/mol. The third-order valence-electron chi connectivity index (χ3n) is 3.37. The van der Waals surface area contributed by atoms with Gasteiger partial charge in [0.2, 0.25) is 15.9 Å². The standard InChI is InChI=1S/C13H18N2O3S/c1-11-13(16)14(2)8-9-15(11)19(17,18)10-12-6-4-3-5-7-12/h3-7,11H,8-10H2,1-2H3. The molecule has 2 rings (SSSR count). The van der Waals surface area contributed by atoms with Crippen molar-refractivity contribution in [1.29, 1.82) is 0 Å². The van der Waals surface area contributed by atoms with Crippen LogP contribution in [0, 0.1) is 0 Å². The Hall–Kier alpha value is -1.40. The smallest absolute Gasteiger partial charge is 0.240 e. The van der Waals surface area contributed by atoms with Crippen LogP contribution in [-0.2, 0) is 20.6 Å². The minimum absolute atomic E-state index is 0.0603. The zero-order valence-corrected chi connectivity index (χ0v) is 11.9. The Morgan fingerprint density at radius 3 is 2.47 bits per heavy atom. The summed E-state index contributed by atoms with van der Waals surface area (Å²) in [7, 11) is -1.76. The van der Waals surface area contributed by atoms with E-state index in [4.69, 9.17) is 0 Å². The lowest BCUT2D eigenvalue weighted by atomic mass is 10.2. The monoisotopic (exact) mass is 282 g/mol. The van der Waals surface area contributed by atoms with Crippen molar-refractivity contribution in [3.63, 3.8) is 0 Å². The van der Waals surface area contributed by atoms with E-state index in [2.05, 4.69) is 0 Å². The van der Waals surface area contributed by atoms with Crippen molar-refractivity contribution in [2.75, 3.05) is 20.1 Å². The Morgan fingerprint density at radius 1 is 1.21 bits per heavy atom. The normalized spacial score (nSPS) is 21.7. The SMILES string of the molecule is CC1C(=O)N(C)CCN1S(=O)(=O)Cc1ccccc1. The van der Waals surface area contributed by atoms with Crippen molar-refractivity contribution in [1.82, 2.24) is 9.21 Å². The van der Waals surface area contributed by atoms with Gasteiger partial charge in [-0.1, -0.05) is 30.3 Å². The second-order valence-electron chi connectivity index (χ2n) is 4.79. The number of hydrogen-bond donors (Lipinski definition) is 0. The molecule has 1 amide bonds. The molecular formula is C13H18N2O3S. The van der Waals surface area contributed by atoms with Gasteiger partial charge in [-0.05, 0) is 12.5 Å². The molecule has 1 saturated heterocycles. The molecule has 6 heteroatoms. The van der Waals surface area contributed by atoms with Crippen molar-refractivity contribution in [3.05, 3.63) is 35.9 Å². The second-order valence-corrected chi connectivity index (χ2v) is 6.71. The van der Waals surface area contributed by atoms with Crippen LogP contribution in [0.1, 0.15) is 12.5 Å². The molecule has 1 aromatic carbocycles. The van der Waals surface area contributed by atoms with Gasteiger partial charge in [-0.25, -0.2) is 8.42 Å². The first-order chi connectivity index (χ1) is 8.92. The fourth-order valence-electron chi connectivity index (χ4n) is 2.24. The quantitative estimate of drug-likeness (QED) is 0.819. The number of piperazine rings is 1. The van der Waals surface area contributed by atoms with Gasteiger partial charge in [-0.2, -0.15) is 4.31 Å². The van der Waals surface area contributed by atoms with E-state index in [1.54, 1.807) is 31.0 Å². The van der Waals surface area contributed by atoms with Crippen molar-refractivity contribution >= 4 is 15.9 Å². The summed E-state index contributed by atoms with van der Waals surface area (Å²) in [6.07, 6.45) is 0. The van der Waals surface area contributed by atoms with Gasteiger partial charge < -0.3 is 4.90 Å². The zero-order valence-electron chi connectivity index (χ0n) is 11.1. The summed E-state index contributed by atoms with van der Waals surface area (Å²) in [6, 6.07) is 8.40. The number of carbonyl (C=O) groups excluding carboxylic acids is 1. The maximum atomic E-state index is 12.4. The molecule has 1 unspecified atom stereocenters. The van der Waals surface area contributed by atoms with Gasteiger partial charge >= 0.3 is 0 Å². The number of likely N-dealkylation sites (N-methyl/N-ethyl adjacent to an activating group) is 1. The molecule has 0 radical (unpaired) electrons. The number of hydrogen-bond acceptors (Lipinski definition) is 3.